The second kappa shape index (κ2) is 9.64. The van der Waals surface area contributed by atoms with E-state index in [9.17, 15) is 10.5 Å². The zero-order valence-electron chi connectivity index (χ0n) is 17.1. The highest BCUT2D eigenvalue weighted by Crippen LogP contribution is 2.32. The molecule has 0 amide bonds. The second-order valence-electron chi connectivity index (χ2n) is 6.84. The maximum atomic E-state index is 9.63. The molecule has 2 rings (SSSR count). The van der Waals surface area contributed by atoms with Crippen LogP contribution in [-0.4, -0.2) is 27.2 Å². The number of nitrogens with zero attached hydrogens (tertiary/aromatic N) is 5. The summed E-state index contributed by atoms with van der Waals surface area (Å²) < 4.78 is 0. The lowest BCUT2D eigenvalue weighted by atomic mass is 10.1. The van der Waals surface area contributed by atoms with Gasteiger partial charge in [-0.15, -0.1) is 0 Å². The molecule has 0 fully saturated rings. The lowest BCUT2D eigenvalue weighted by molar-refractivity contribution is 0.851. The highest BCUT2D eigenvalue weighted by Gasteiger charge is 2.16. The molecule has 0 heterocycles. The Morgan fingerprint density at radius 1 is 0.786 bits per heavy atom. The first-order chi connectivity index (χ1) is 13.5. The minimum atomic E-state index is 0.471. The minimum absolute atomic E-state index is 0.471. The van der Waals surface area contributed by atoms with Gasteiger partial charge < -0.3 is 9.80 Å². The summed E-state index contributed by atoms with van der Waals surface area (Å²) in [5.41, 5.74) is 4.02. The van der Waals surface area contributed by atoms with E-state index in [0.29, 0.717) is 22.5 Å². The van der Waals surface area contributed by atoms with Crippen molar-refractivity contribution in [2.45, 2.75) is 26.7 Å². The summed E-state index contributed by atoms with van der Waals surface area (Å²) >= 11 is 0. The van der Waals surface area contributed by atoms with Crippen molar-refractivity contribution < 1.29 is 0 Å². The molecule has 0 spiro atoms. The lowest BCUT2D eigenvalue weighted by Gasteiger charge is -2.25. The van der Waals surface area contributed by atoms with E-state index in [-0.39, 0.29) is 0 Å². The van der Waals surface area contributed by atoms with E-state index in [1.807, 2.05) is 50.5 Å². The van der Waals surface area contributed by atoms with Crippen molar-refractivity contribution in [2.75, 3.05) is 42.0 Å². The molecule has 0 aliphatic heterocycles. The van der Waals surface area contributed by atoms with Crippen LogP contribution in [0.3, 0.4) is 0 Å². The Morgan fingerprint density at radius 3 is 1.50 bits per heavy atom. The highest BCUT2D eigenvalue weighted by molar-refractivity contribution is 5.76. The number of nitriles is 2. The van der Waals surface area contributed by atoms with Gasteiger partial charge in [0, 0.05) is 38.6 Å². The molecule has 146 valence electrons. The summed E-state index contributed by atoms with van der Waals surface area (Å²) in [6.45, 7) is 6.04. The third-order valence-electron chi connectivity index (χ3n) is 4.72. The number of hydrazine groups is 1. The zero-order chi connectivity index (χ0) is 20.7. The molecule has 28 heavy (non-hydrogen) atoms. The number of rotatable bonds is 8. The number of nitrogens with two attached hydrogens (primary N) is 1. The Hall–Kier alpha value is -3.22. The summed E-state index contributed by atoms with van der Waals surface area (Å²) in [6.07, 6.45) is 2.04. The number of hydrogen-bond acceptors (Lipinski definition) is 6. The first-order valence-electron chi connectivity index (χ1n) is 9.52. The number of benzene rings is 2. The van der Waals surface area contributed by atoms with Gasteiger partial charge in [-0.25, -0.2) is 5.84 Å². The number of hydrogen-bond donors (Lipinski definition) is 1. The van der Waals surface area contributed by atoms with Crippen LogP contribution >= 0.6 is 0 Å². The van der Waals surface area contributed by atoms with Gasteiger partial charge in [-0.1, -0.05) is 13.8 Å². The molecule has 6 nitrogen and oxygen atoms in total. The Labute approximate surface area is 168 Å². The van der Waals surface area contributed by atoms with E-state index in [2.05, 4.69) is 35.8 Å². The van der Waals surface area contributed by atoms with Crippen molar-refractivity contribution in [1.29, 1.82) is 10.5 Å². The van der Waals surface area contributed by atoms with Gasteiger partial charge in [-0.3, -0.25) is 5.01 Å². The Balaban J connectivity index is 2.41. The van der Waals surface area contributed by atoms with Crippen molar-refractivity contribution >= 4 is 22.7 Å². The average molecular weight is 377 g/mol. The Bertz CT molecular complexity index is 819. The van der Waals surface area contributed by atoms with Crippen LogP contribution in [0.1, 0.15) is 37.8 Å². The molecule has 0 saturated heterocycles. The standard InChI is InChI=1S/C22H28N6/c1-5-11-26(3)19-7-9-21(17(13-19)15-23)28(25)22-10-8-20(14-18(22)16-24)27(4)12-6-2/h7-10,13-14H,5-6,11-12,25H2,1-4H3. The van der Waals surface area contributed by atoms with Gasteiger partial charge >= 0.3 is 0 Å². The molecular formula is C22H28N6. The van der Waals surface area contributed by atoms with Gasteiger partial charge in [-0.2, -0.15) is 10.5 Å². The fourth-order valence-electron chi connectivity index (χ4n) is 3.18. The fraction of sp³-hybridized carbons (Fsp3) is 0.364. The molecule has 0 bridgehead atoms. The minimum Gasteiger partial charge on any atom is -0.375 e. The first kappa shape index (κ1) is 21.1. The van der Waals surface area contributed by atoms with Gasteiger partial charge in [-0.05, 0) is 49.2 Å². The predicted molar refractivity (Wildman–Crippen MR) is 116 cm³/mol. The highest BCUT2D eigenvalue weighted by atomic mass is 15.4. The van der Waals surface area contributed by atoms with Gasteiger partial charge in [0.15, 0.2) is 0 Å². The Morgan fingerprint density at radius 2 is 1.18 bits per heavy atom. The fourth-order valence-corrected chi connectivity index (χ4v) is 3.18. The van der Waals surface area contributed by atoms with E-state index < -0.39 is 0 Å². The van der Waals surface area contributed by atoms with Crippen LogP contribution < -0.4 is 20.7 Å². The van der Waals surface area contributed by atoms with Gasteiger partial charge in [0.1, 0.15) is 12.1 Å². The molecule has 2 aromatic carbocycles. The Kier molecular flexibility index (Phi) is 7.26. The van der Waals surface area contributed by atoms with E-state index >= 15 is 0 Å². The normalized spacial score (nSPS) is 10.1. The summed E-state index contributed by atoms with van der Waals surface area (Å²) in [5.74, 6) is 6.34. The topological polar surface area (TPSA) is 83.3 Å². The molecule has 2 aromatic rings. The van der Waals surface area contributed by atoms with Gasteiger partial charge in [0.25, 0.3) is 0 Å². The number of anilines is 4. The van der Waals surface area contributed by atoms with Crippen LogP contribution in [0.25, 0.3) is 0 Å². The third kappa shape index (κ3) is 4.54. The van der Waals surface area contributed by atoms with E-state index in [0.717, 1.165) is 37.3 Å². The van der Waals surface area contributed by atoms with Crippen molar-refractivity contribution in [2.24, 2.45) is 5.84 Å². The van der Waals surface area contributed by atoms with Crippen LogP contribution in [0.2, 0.25) is 0 Å². The second-order valence-corrected chi connectivity index (χ2v) is 6.84. The van der Waals surface area contributed by atoms with E-state index in [1.54, 1.807) is 0 Å². The molecule has 2 N–H and O–H groups in total. The summed E-state index contributed by atoms with van der Waals surface area (Å²) in [7, 11) is 4.00. The smallest absolute Gasteiger partial charge is 0.101 e. The predicted octanol–water partition coefficient (Wildman–Crippen LogP) is 4.13. The van der Waals surface area contributed by atoms with Gasteiger partial charge in [0.2, 0.25) is 0 Å². The average Bonchev–Trinajstić information content (AvgIpc) is 2.72. The monoisotopic (exact) mass is 376 g/mol. The lowest BCUT2D eigenvalue weighted by Crippen LogP contribution is -2.27. The van der Waals surface area contributed by atoms with Gasteiger partial charge in [0.05, 0.1) is 22.5 Å². The molecular weight excluding hydrogens is 348 g/mol. The van der Waals surface area contributed by atoms with Crippen molar-refractivity contribution in [3.8, 4) is 12.1 Å². The van der Waals surface area contributed by atoms with Crippen LogP contribution in [-0.2, 0) is 0 Å². The first-order valence-corrected chi connectivity index (χ1v) is 9.52. The van der Waals surface area contributed by atoms with E-state index in [4.69, 9.17) is 5.84 Å². The molecule has 0 aliphatic rings. The molecule has 0 unspecified atom stereocenters. The van der Waals surface area contributed by atoms with Crippen LogP contribution in [0.5, 0.6) is 0 Å². The molecule has 0 saturated carbocycles. The summed E-state index contributed by atoms with van der Waals surface area (Å²) in [4.78, 5) is 4.20. The van der Waals surface area contributed by atoms with Crippen LogP contribution in [0, 0.1) is 22.7 Å². The van der Waals surface area contributed by atoms with Crippen molar-refractivity contribution in [1.82, 2.24) is 0 Å². The third-order valence-corrected chi connectivity index (χ3v) is 4.72. The summed E-state index contributed by atoms with van der Waals surface area (Å²) in [6, 6.07) is 15.7. The molecule has 0 atom stereocenters. The van der Waals surface area contributed by atoms with Crippen molar-refractivity contribution in [3.63, 3.8) is 0 Å². The zero-order valence-corrected chi connectivity index (χ0v) is 17.1. The molecule has 0 aliphatic carbocycles. The van der Waals surface area contributed by atoms with Crippen LogP contribution in [0.4, 0.5) is 22.7 Å². The maximum absolute atomic E-state index is 9.63. The summed E-state index contributed by atoms with van der Waals surface area (Å²) in [5, 5.41) is 20.7. The SMILES string of the molecule is CCCN(C)c1ccc(N(N)c2ccc(N(C)CCC)cc2C#N)c(C#N)c1. The largest absolute Gasteiger partial charge is 0.375 e. The molecule has 0 aromatic heterocycles. The van der Waals surface area contributed by atoms with Crippen molar-refractivity contribution in [3.05, 3.63) is 47.5 Å². The van der Waals surface area contributed by atoms with Crippen LogP contribution in [0.15, 0.2) is 36.4 Å². The molecule has 6 heteroatoms. The van der Waals surface area contributed by atoms with E-state index in [1.165, 1.54) is 5.01 Å². The maximum Gasteiger partial charge on any atom is 0.101 e. The molecule has 0 radical (unpaired) electrons. The quantitative estimate of drug-likeness (QED) is 0.551.